The van der Waals surface area contributed by atoms with Gasteiger partial charge in [0.05, 0.1) is 0 Å². The fraction of sp³-hybridized carbons (Fsp3) is 0.833. The summed E-state index contributed by atoms with van der Waals surface area (Å²) in [6.45, 7) is 1.87. The van der Waals surface area contributed by atoms with Crippen LogP contribution in [-0.4, -0.2) is 35.7 Å². The van der Waals surface area contributed by atoms with Gasteiger partial charge in [-0.3, -0.25) is 0 Å². The van der Waals surface area contributed by atoms with Gasteiger partial charge in [0.15, 0.2) is 0 Å². The molecule has 1 aliphatic rings. The summed E-state index contributed by atoms with van der Waals surface area (Å²) in [6.07, 6.45) is 0.0963. The Bertz CT molecular complexity index is 138. The summed E-state index contributed by atoms with van der Waals surface area (Å²) >= 11 is 0. The van der Waals surface area contributed by atoms with Gasteiger partial charge < -0.3 is 15.7 Å². The first-order valence-corrected chi connectivity index (χ1v) is 3.42. The van der Waals surface area contributed by atoms with Crippen LogP contribution in [0.1, 0.15) is 6.42 Å². The van der Waals surface area contributed by atoms with E-state index in [1.165, 1.54) is 4.90 Å². The molecule has 58 valence electrons. The van der Waals surface area contributed by atoms with Gasteiger partial charge in [-0.15, -0.1) is 0 Å². The Morgan fingerprint density at radius 1 is 1.80 bits per heavy atom. The van der Waals surface area contributed by atoms with Crippen LogP contribution < -0.4 is 5.73 Å². The average Bonchev–Trinajstić information content (AvgIpc) is 2.34. The van der Waals surface area contributed by atoms with Crippen molar-refractivity contribution in [3.63, 3.8) is 0 Å². The van der Waals surface area contributed by atoms with E-state index in [9.17, 15) is 4.79 Å². The Labute approximate surface area is 59.6 Å². The first kappa shape index (κ1) is 7.34. The van der Waals surface area contributed by atoms with Crippen LogP contribution in [0.15, 0.2) is 0 Å². The molecule has 1 aliphatic heterocycles. The summed E-state index contributed by atoms with van der Waals surface area (Å²) in [7, 11) is 0. The van der Waals surface area contributed by atoms with Crippen molar-refractivity contribution in [3.05, 3.63) is 0 Å². The van der Waals surface area contributed by atoms with Crippen LogP contribution in [0.4, 0.5) is 4.79 Å². The largest absolute Gasteiger partial charge is 0.465 e. The van der Waals surface area contributed by atoms with Crippen molar-refractivity contribution >= 4 is 6.09 Å². The molecule has 0 bridgehead atoms. The van der Waals surface area contributed by atoms with E-state index in [0.29, 0.717) is 25.6 Å². The lowest BCUT2D eigenvalue weighted by molar-refractivity contribution is 0.154. The summed E-state index contributed by atoms with van der Waals surface area (Å²) in [5.74, 6) is 0.385. The van der Waals surface area contributed by atoms with Crippen molar-refractivity contribution < 1.29 is 9.90 Å². The summed E-state index contributed by atoms with van der Waals surface area (Å²) < 4.78 is 0. The maximum atomic E-state index is 10.3. The third-order valence-electron chi connectivity index (χ3n) is 1.89. The lowest BCUT2D eigenvalue weighted by Gasteiger charge is -2.10. The van der Waals surface area contributed by atoms with E-state index >= 15 is 0 Å². The molecule has 1 fully saturated rings. The van der Waals surface area contributed by atoms with Crippen LogP contribution >= 0.6 is 0 Å². The van der Waals surface area contributed by atoms with Crippen molar-refractivity contribution in [1.82, 2.24) is 4.90 Å². The molecule has 0 aromatic heterocycles. The highest BCUT2D eigenvalue weighted by molar-refractivity contribution is 5.65. The number of rotatable bonds is 1. The number of likely N-dealkylation sites (tertiary alicyclic amines) is 1. The Morgan fingerprint density at radius 3 is 2.80 bits per heavy atom. The van der Waals surface area contributed by atoms with Crippen molar-refractivity contribution in [2.75, 3.05) is 19.6 Å². The second-order valence-electron chi connectivity index (χ2n) is 2.62. The molecule has 1 amide bonds. The van der Waals surface area contributed by atoms with E-state index in [4.69, 9.17) is 10.8 Å². The maximum absolute atomic E-state index is 10.3. The highest BCUT2D eigenvalue weighted by Crippen LogP contribution is 2.13. The summed E-state index contributed by atoms with van der Waals surface area (Å²) in [5.41, 5.74) is 5.38. The standard InChI is InChI=1S/C6H12N2O2/c7-3-5-1-2-8(4-5)6(9)10/h5H,1-4,7H2,(H,9,10). The molecule has 3 N–H and O–H groups in total. The minimum Gasteiger partial charge on any atom is -0.465 e. The zero-order chi connectivity index (χ0) is 7.56. The normalized spacial score (nSPS) is 25.3. The van der Waals surface area contributed by atoms with Gasteiger partial charge >= 0.3 is 6.09 Å². The average molecular weight is 144 g/mol. The van der Waals surface area contributed by atoms with Crippen LogP contribution in [-0.2, 0) is 0 Å². The Hall–Kier alpha value is -0.770. The highest BCUT2D eigenvalue weighted by atomic mass is 16.4. The summed E-state index contributed by atoms with van der Waals surface area (Å²) in [6, 6.07) is 0. The van der Waals surface area contributed by atoms with Crippen LogP contribution in [0.2, 0.25) is 0 Å². The molecule has 10 heavy (non-hydrogen) atoms. The van der Waals surface area contributed by atoms with Gasteiger partial charge in [0, 0.05) is 13.1 Å². The Balaban J connectivity index is 2.35. The molecule has 1 saturated heterocycles. The molecule has 1 unspecified atom stereocenters. The van der Waals surface area contributed by atoms with Crippen LogP contribution in [0.3, 0.4) is 0 Å². The molecule has 0 aromatic rings. The van der Waals surface area contributed by atoms with Crippen molar-refractivity contribution in [3.8, 4) is 0 Å². The van der Waals surface area contributed by atoms with E-state index in [1.807, 2.05) is 0 Å². The van der Waals surface area contributed by atoms with E-state index in [2.05, 4.69) is 0 Å². The number of nitrogens with zero attached hydrogens (tertiary/aromatic N) is 1. The van der Waals surface area contributed by atoms with Crippen LogP contribution in [0.5, 0.6) is 0 Å². The van der Waals surface area contributed by atoms with Crippen molar-refractivity contribution in [2.24, 2.45) is 11.7 Å². The molecule has 1 heterocycles. The summed E-state index contributed by atoms with van der Waals surface area (Å²) in [5, 5.41) is 8.51. The van der Waals surface area contributed by atoms with Gasteiger partial charge in [0.25, 0.3) is 0 Å². The quantitative estimate of drug-likeness (QED) is 0.542. The molecule has 0 aliphatic carbocycles. The first-order chi connectivity index (χ1) is 4.74. The van der Waals surface area contributed by atoms with E-state index in [1.54, 1.807) is 0 Å². The van der Waals surface area contributed by atoms with E-state index < -0.39 is 6.09 Å². The molecule has 0 spiro atoms. The molecular weight excluding hydrogens is 132 g/mol. The van der Waals surface area contributed by atoms with Gasteiger partial charge in [0.1, 0.15) is 0 Å². The van der Waals surface area contributed by atoms with Gasteiger partial charge in [-0.1, -0.05) is 0 Å². The fourth-order valence-corrected chi connectivity index (χ4v) is 1.20. The smallest absolute Gasteiger partial charge is 0.407 e. The van der Waals surface area contributed by atoms with E-state index in [0.717, 1.165) is 6.42 Å². The van der Waals surface area contributed by atoms with E-state index in [-0.39, 0.29) is 0 Å². The molecule has 0 aromatic carbocycles. The molecule has 4 nitrogen and oxygen atoms in total. The molecule has 1 rings (SSSR count). The Morgan fingerprint density at radius 2 is 2.50 bits per heavy atom. The molecular formula is C6H12N2O2. The minimum atomic E-state index is -0.823. The predicted octanol–water partition coefficient (Wildman–Crippen LogP) is -0.0550. The molecule has 0 saturated carbocycles. The molecule has 0 radical (unpaired) electrons. The van der Waals surface area contributed by atoms with Gasteiger partial charge in [-0.05, 0) is 18.9 Å². The lowest BCUT2D eigenvalue weighted by atomic mass is 10.1. The van der Waals surface area contributed by atoms with Crippen molar-refractivity contribution in [2.45, 2.75) is 6.42 Å². The van der Waals surface area contributed by atoms with Crippen LogP contribution in [0, 0.1) is 5.92 Å². The number of amides is 1. The number of nitrogens with two attached hydrogens (primary N) is 1. The number of hydrogen-bond donors (Lipinski definition) is 2. The van der Waals surface area contributed by atoms with Gasteiger partial charge in [-0.25, -0.2) is 4.79 Å². The zero-order valence-corrected chi connectivity index (χ0v) is 5.79. The van der Waals surface area contributed by atoms with Crippen molar-refractivity contribution in [1.29, 1.82) is 0 Å². The van der Waals surface area contributed by atoms with Crippen LogP contribution in [0.25, 0.3) is 0 Å². The second kappa shape index (κ2) is 2.88. The predicted molar refractivity (Wildman–Crippen MR) is 36.8 cm³/mol. The monoisotopic (exact) mass is 144 g/mol. The third-order valence-corrected chi connectivity index (χ3v) is 1.89. The third kappa shape index (κ3) is 1.39. The molecule has 1 atom stereocenters. The first-order valence-electron chi connectivity index (χ1n) is 3.42. The lowest BCUT2D eigenvalue weighted by Crippen LogP contribution is -2.27. The zero-order valence-electron chi connectivity index (χ0n) is 5.79. The van der Waals surface area contributed by atoms with Gasteiger partial charge in [-0.2, -0.15) is 0 Å². The Kier molecular flexibility index (Phi) is 2.11. The summed E-state index contributed by atoms with van der Waals surface area (Å²) in [4.78, 5) is 11.8. The number of carbonyl (C=O) groups is 1. The second-order valence-corrected chi connectivity index (χ2v) is 2.62. The number of hydrogen-bond acceptors (Lipinski definition) is 2. The minimum absolute atomic E-state index is 0.385. The highest BCUT2D eigenvalue weighted by Gasteiger charge is 2.24. The maximum Gasteiger partial charge on any atom is 0.407 e. The number of carboxylic acid groups (broad SMARTS) is 1. The van der Waals surface area contributed by atoms with Gasteiger partial charge in [0.2, 0.25) is 0 Å². The fourth-order valence-electron chi connectivity index (χ4n) is 1.20. The topological polar surface area (TPSA) is 66.6 Å². The molecule has 4 heteroatoms. The SMILES string of the molecule is NCC1CCN(C(=O)O)C1.